The van der Waals surface area contributed by atoms with Crippen LogP contribution in [0.4, 0.5) is 0 Å². The Morgan fingerprint density at radius 1 is 1.03 bits per heavy atom. The average Bonchev–Trinajstić information content (AvgIpc) is 3.18. The molecule has 0 saturated carbocycles. The van der Waals surface area contributed by atoms with Gasteiger partial charge >= 0.3 is 0 Å². The molecule has 166 valence electrons. The van der Waals surface area contributed by atoms with Gasteiger partial charge in [0.15, 0.2) is 5.96 Å². The molecular formula is C23H36N4O3. The maximum absolute atomic E-state index is 5.66. The second-order valence-corrected chi connectivity index (χ2v) is 6.86. The van der Waals surface area contributed by atoms with Gasteiger partial charge in [-0.1, -0.05) is 43.3 Å². The van der Waals surface area contributed by atoms with Crippen LogP contribution in [0.25, 0.3) is 0 Å². The first-order chi connectivity index (χ1) is 14.7. The Kier molecular flexibility index (Phi) is 11.0. The Balaban J connectivity index is 1.94. The molecule has 0 aliphatic carbocycles. The van der Waals surface area contributed by atoms with E-state index in [1.807, 2.05) is 13.0 Å². The maximum atomic E-state index is 5.66. The van der Waals surface area contributed by atoms with Gasteiger partial charge in [0.1, 0.15) is 5.76 Å². The number of rotatable bonds is 13. The van der Waals surface area contributed by atoms with Gasteiger partial charge in [-0.2, -0.15) is 0 Å². The number of aromatic nitrogens is 1. The Hall–Kier alpha value is -2.38. The highest BCUT2D eigenvalue weighted by atomic mass is 16.5. The number of hydrogen-bond donors (Lipinski definition) is 2. The summed E-state index contributed by atoms with van der Waals surface area (Å²) in [7, 11) is 0. The lowest BCUT2D eigenvalue weighted by molar-refractivity contribution is 0.0453. The third-order valence-corrected chi connectivity index (χ3v) is 4.64. The normalized spacial score (nSPS) is 11.7. The summed E-state index contributed by atoms with van der Waals surface area (Å²) in [5.41, 5.74) is 4.43. The summed E-state index contributed by atoms with van der Waals surface area (Å²) in [6.07, 6.45) is 1.69. The van der Waals surface area contributed by atoms with Crippen LogP contribution in [0.2, 0.25) is 0 Å². The number of aliphatic imine (C=N–C) groups is 1. The second kappa shape index (κ2) is 13.8. The number of guanidine groups is 1. The lowest BCUT2D eigenvalue weighted by Crippen LogP contribution is -2.37. The highest BCUT2D eigenvalue weighted by Gasteiger charge is 2.13. The van der Waals surface area contributed by atoms with Crippen molar-refractivity contribution in [1.82, 2.24) is 15.8 Å². The van der Waals surface area contributed by atoms with E-state index in [9.17, 15) is 0 Å². The minimum absolute atomic E-state index is 0.579. The smallest absolute Gasteiger partial charge is 0.191 e. The monoisotopic (exact) mass is 416 g/mol. The summed E-state index contributed by atoms with van der Waals surface area (Å²) in [4.78, 5) is 4.74. The first-order valence-corrected chi connectivity index (χ1v) is 10.9. The van der Waals surface area contributed by atoms with Crippen molar-refractivity contribution in [3.63, 3.8) is 0 Å². The summed E-state index contributed by atoms with van der Waals surface area (Å²) >= 11 is 0. The fraction of sp³-hybridized carbons (Fsp3) is 0.565. The zero-order valence-corrected chi connectivity index (χ0v) is 18.8. The van der Waals surface area contributed by atoms with Crippen LogP contribution in [0, 0.1) is 0 Å². The molecule has 1 aromatic heterocycles. The van der Waals surface area contributed by atoms with E-state index < -0.39 is 0 Å². The molecule has 2 N–H and O–H groups in total. The summed E-state index contributed by atoms with van der Waals surface area (Å²) in [5, 5.41) is 10.9. The van der Waals surface area contributed by atoms with Gasteiger partial charge in [0.25, 0.3) is 0 Å². The van der Waals surface area contributed by atoms with Crippen molar-refractivity contribution in [1.29, 1.82) is 0 Å². The summed E-state index contributed by atoms with van der Waals surface area (Å²) in [6.45, 7) is 12.8. The van der Waals surface area contributed by atoms with Crippen LogP contribution in [-0.4, -0.2) is 37.5 Å². The average molecular weight is 417 g/mol. The van der Waals surface area contributed by atoms with Crippen LogP contribution in [0.15, 0.2) is 33.8 Å². The third kappa shape index (κ3) is 7.80. The van der Waals surface area contributed by atoms with Crippen molar-refractivity contribution in [2.75, 3.05) is 26.4 Å². The van der Waals surface area contributed by atoms with E-state index in [0.717, 1.165) is 60.1 Å². The molecule has 0 spiro atoms. The van der Waals surface area contributed by atoms with Gasteiger partial charge in [0.2, 0.25) is 0 Å². The minimum Gasteiger partial charge on any atom is -0.379 e. The van der Waals surface area contributed by atoms with E-state index in [4.69, 9.17) is 19.0 Å². The Morgan fingerprint density at radius 3 is 2.57 bits per heavy atom. The van der Waals surface area contributed by atoms with Crippen molar-refractivity contribution in [2.24, 2.45) is 4.99 Å². The first kappa shape index (κ1) is 23.9. The molecule has 1 aromatic carbocycles. The molecule has 30 heavy (non-hydrogen) atoms. The van der Waals surface area contributed by atoms with Crippen LogP contribution in [0.1, 0.15) is 55.8 Å². The molecule has 0 amide bonds. The van der Waals surface area contributed by atoms with Crippen LogP contribution in [0.3, 0.4) is 0 Å². The van der Waals surface area contributed by atoms with E-state index in [-0.39, 0.29) is 0 Å². The highest BCUT2D eigenvalue weighted by Crippen LogP contribution is 2.15. The quantitative estimate of drug-likeness (QED) is 0.295. The highest BCUT2D eigenvalue weighted by molar-refractivity contribution is 5.79. The molecular weight excluding hydrogens is 380 g/mol. The minimum atomic E-state index is 0.579. The number of benzene rings is 1. The zero-order chi connectivity index (χ0) is 21.6. The molecule has 0 saturated heterocycles. The number of aryl methyl sites for hydroxylation is 2. The van der Waals surface area contributed by atoms with E-state index in [1.54, 1.807) is 0 Å². The fourth-order valence-corrected chi connectivity index (χ4v) is 3.09. The van der Waals surface area contributed by atoms with Crippen molar-refractivity contribution in [3.8, 4) is 0 Å². The summed E-state index contributed by atoms with van der Waals surface area (Å²) in [5.74, 6) is 1.72. The SMILES string of the molecule is CCNC(=NCc1cccc(COCCOCC)c1)NCc1c(CC)noc1CC. The molecule has 0 aliphatic heterocycles. The molecule has 7 nitrogen and oxygen atoms in total. The van der Waals surface area contributed by atoms with Crippen molar-refractivity contribution < 1.29 is 14.0 Å². The Labute approximate surface area is 180 Å². The van der Waals surface area contributed by atoms with Crippen molar-refractivity contribution in [3.05, 3.63) is 52.4 Å². The fourth-order valence-electron chi connectivity index (χ4n) is 3.09. The Morgan fingerprint density at radius 2 is 1.83 bits per heavy atom. The predicted octanol–water partition coefficient (Wildman–Crippen LogP) is 3.61. The zero-order valence-electron chi connectivity index (χ0n) is 18.8. The van der Waals surface area contributed by atoms with Gasteiger partial charge in [-0.15, -0.1) is 0 Å². The van der Waals surface area contributed by atoms with E-state index >= 15 is 0 Å². The molecule has 2 rings (SSSR count). The first-order valence-electron chi connectivity index (χ1n) is 10.9. The molecule has 0 fully saturated rings. The van der Waals surface area contributed by atoms with E-state index in [2.05, 4.69) is 54.8 Å². The van der Waals surface area contributed by atoms with Gasteiger partial charge in [-0.25, -0.2) is 4.99 Å². The molecule has 0 bridgehead atoms. The van der Waals surface area contributed by atoms with Crippen LogP contribution in [0.5, 0.6) is 0 Å². The third-order valence-electron chi connectivity index (χ3n) is 4.64. The lowest BCUT2D eigenvalue weighted by Gasteiger charge is -2.12. The van der Waals surface area contributed by atoms with Gasteiger partial charge in [-0.3, -0.25) is 0 Å². The van der Waals surface area contributed by atoms with Crippen LogP contribution >= 0.6 is 0 Å². The van der Waals surface area contributed by atoms with Crippen molar-refractivity contribution in [2.45, 2.75) is 60.2 Å². The van der Waals surface area contributed by atoms with Gasteiger partial charge in [-0.05, 0) is 31.4 Å². The number of hydrogen-bond acceptors (Lipinski definition) is 5. The van der Waals surface area contributed by atoms with Gasteiger partial charge in [0, 0.05) is 31.7 Å². The van der Waals surface area contributed by atoms with Gasteiger partial charge in [0.05, 0.1) is 32.1 Å². The van der Waals surface area contributed by atoms with Crippen molar-refractivity contribution >= 4 is 5.96 Å². The molecule has 1 heterocycles. The summed E-state index contributed by atoms with van der Waals surface area (Å²) < 4.78 is 16.4. The predicted molar refractivity (Wildman–Crippen MR) is 120 cm³/mol. The largest absolute Gasteiger partial charge is 0.379 e. The van der Waals surface area contributed by atoms with E-state index in [1.165, 1.54) is 0 Å². The van der Waals surface area contributed by atoms with Crippen LogP contribution < -0.4 is 10.6 Å². The molecule has 2 aromatic rings. The van der Waals surface area contributed by atoms with Crippen LogP contribution in [-0.2, 0) is 42.0 Å². The lowest BCUT2D eigenvalue weighted by atomic mass is 10.1. The second-order valence-electron chi connectivity index (χ2n) is 6.86. The molecule has 0 radical (unpaired) electrons. The topological polar surface area (TPSA) is 80.9 Å². The molecule has 0 atom stereocenters. The number of ether oxygens (including phenoxy) is 2. The number of nitrogens with one attached hydrogen (secondary N) is 2. The molecule has 0 unspecified atom stereocenters. The summed E-state index contributed by atoms with van der Waals surface area (Å²) in [6, 6.07) is 8.34. The molecule has 0 aliphatic rings. The van der Waals surface area contributed by atoms with E-state index in [0.29, 0.717) is 32.9 Å². The number of nitrogens with zero attached hydrogens (tertiary/aromatic N) is 2. The standard InChI is InChI=1S/C23H36N4O3/c1-5-21-20(22(6-2)30-27-21)16-26-23(24-7-3)25-15-18-10-9-11-19(14-18)17-29-13-12-28-8-4/h9-11,14H,5-8,12-13,15-17H2,1-4H3,(H2,24,25,26). The van der Waals surface area contributed by atoms with Gasteiger partial charge < -0.3 is 24.6 Å². The molecule has 7 heteroatoms. The maximum Gasteiger partial charge on any atom is 0.191 e. The Bertz CT molecular complexity index is 752.